The van der Waals surface area contributed by atoms with Gasteiger partial charge in [0.05, 0.1) is 6.57 Å². The molecule has 0 atom stereocenters. The molecule has 0 radical (unpaired) electrons. The van der Waals surface area contributed by atoms with E-state index in [0.717, 1.165) is 16.8 Å². The van der Waals surface area contributed by atoms with Crippen molar-refractivity contribution in [1.82, 2.24) is 0 Å². The van der Waals surface area contributed by atoms with Crippen molar-refractivity contribution in [2.45, 2.75) is 13.8 Å². The molecule has 1 aromatic rings. The van der Waals surface area contributed by atoms with Crippen molar-refractivity contribution in [2.24, 2.45) is 0 Å². The summed E-state index contributed by atoms with van der Waals surface area (Å²) in [7, 11) is 0. The second-order valence-corrected chi connectivity index (χ2v) is 2.46. The first kappa shape index (κ1) is 6.82. The lowest BCUT2D eigenvalue weighted by atomic mass is 10.1. The van der Waals surface area contributed by atoms with E-state index in [1.807, 2.05) is 26.0 Å². The van der Waals surface area contributed by atoms with Gasteiger partial charge in [-0.25, -0.2) is 4.85 Å². The van der Waals surface area contributed by atoms with Crippen molar-refractivity contribution in [3.63, 3.8) is 0 Å². The summed E-state index contributed by atoms with van der Waals surface area (Å²) in [6.07, 6.45) is 0. The molecule has 0 unspecified atom stereocenters. The summed E-state index contributed by atoms with van der Waals surface area (Å²) in [5, 5.41) is 0. The molecule has 0 amide bonds. The van der Waals surface area contributed by atoms with Gasteiger partial charge >= 0.3 is 0 Å². The molecule has 1 rings (SSSR count). The summed E-state index contributed by atoms with van der Waals surface area (Å²) in [5.74, 6) is 0. The highest BCUT2D eigenvalue weighted by atomic mass is 14.6. The number of aryl methyl sites for hydroxylation is 2. The van der Waals surface area contributed by atoms with Crippen LogP contribution in [0.4, 0.5) is 5.69 Å². The Morgan fingerprint density at radius 2 is 1.60 bits per heavy atom. The molecular weight excluding hydrogens is 122 g/mol. The zero-order chi connectivity index (χ0) is 7.56. The van der Waals surface area contributed by atoms with Crippen LogP contribution in [0.15, 0.2) is 18.2 Å². The molecule has 0 N–H and O–H groups in total. The smallest absolute Gasteiger partial charge is 0.187 e. The lowest BCUT2D eigenvalue weighted by molar-refractivity contribution is 1.39. The first-order valence-electron chi connectivity index (χ1n) is 3.18. The molecule has 0 aliphatic rings. The fraction of sp³-hybridized carbons (Fsp3) is 0.222. The van der Waals surface area contributed by atoms with Crippen molar-refractivity contribution < 1.29 is 0 Å². The van der Waals surface area contributed by atoms with Gasteiger partial charge in [0, 0.05) is 0 Å². The van der Waals surface area contributed by atoms with Gasteiger partial charge in [0.1, 0.15) is 0 Å². The van der Waals surface area contributed by atoms with Crippen molar-refractivity contribution >= 4 is 5.69 Å². The first-order chi connectivity index (χ1) is 4.72. The molecule has 0 aliphatic carbocycles. The lowest BCUT2D eigenvalue weighted by Crippen LogP contribution is -1.73. The largest absolute Gasteiger partial charge is 0.238 e. The Morgan fingerprint density at radius 1 is 1.10 bits per heavy atom. The maximum absolute atomic E-state index is 6.76. The average Bonchev–Trinajstić information content (AvgIpc) is 1.85. The maximum Gasteiger partial charge on any atom is 0.187 e. The Bertz CT molecular complexity index is 261. The normalized spacial score (nSPS) is 8.90. The van der Waals surface area contributed by atoms with Crippen molar-refractivity contribution in [3.05, 3.63) is 40.7 Å². The van der Waals surface area contributed by atoms with Crippen LogP contribution in [-0.4, -0.2) is 0 Å². The molecule has 0 bridgehead atoms. The highest BCUT2D eigenvalue weighted by Crippen LogP contribution is 2.15. The summed E-state index contributed by atoms with van der Waals surface area (Å²) in [6, 6.07) is 5.84. The topological polar surface area (TPSA) is 4.36 Å². The Kier molecular flexibility index (Phi) is 1.73. The van der Waals surface area contributed by atoms with E-state index >= 15 is 0 Å². The Morgan fingerprint density at radius 3 is 2.00 bits per heavy atom. The maximum atomic E-state index is 6.76. The molecule has 0 fully saturated rings. The molecule has 10 heavy (non-hydrogen) atoms. The number of benzene rings is 1. The highest BCUT2D eigenvalue weighted by molar-refractivity contribution is 5.48. The molecule has 1 aromatic carbocycles. The van der Waals surface area contributed by atoms with Crippen LogP contribution in [-0.2, 0) is 0 Å². The van der Waals surface area contributed by atoms with Crippen LogP contribution in [0, 0.1) is 20.4 Å². The summed E-state index contributed by atoms with van der Waals surface area (Å²) in [6.45, 7) is 10.8. The summed E-state index contributed by atoms with van der Waals surface area (Å²) in [4.78, 5) is 3.34. The molecule has 0 saturated carbocycles. The van der Waals surface area contributed by atoms with E-state index in [0.29, 0.717) is 0 Å². The van der Waals surface area contributed by atoms with E-state index in [1.165, 1.54) is 0 Å². The van der Waals surface area contributed by atoms with Crippen LogP contribution in [0.3, 0.4) is 0 Å². The zero-order valence-electron chi connectivity index (χ0n) is 6.18. The van der Waals surface area contributed by atoms with Crippen LogP contribution >= 0.6 is 0 Å². The van der Waals surface area contributed by atoms with Gasteiger partial charge in [0.15, 0.2) is 5.69 Å². The standard InChI is InChI=1S/C9H9N/c1-7-4-8(2)6-9(5-7)10-3/h4-6H,1-2H3. The second-order valence-electron chi connectivity index (χ2n) is 2.46. The van der Waals surface area contributed by atoms with Crippen LogP contribution in [0.5, 0.6) is 0 Å². The highest BCUT2D eigenvalue weighted by Gasteiger charge is 1.91. The number of nitrogens with zero attached hydrogens (tertiary/aromatic N) is 1. The molecule has 0 aliphatic heterocycles. The van der Waals surface area contributed by atoms with Gasteiger partial charge in [-0.05, 0) is 13.8 Å². The van der Waals surface area contributed by atoms with Crippen LogP contribution in [0.2, 0.25) is 0 Å². The molecule has 1 nitrogen and oxygen atoms in total. The minimum atomic E-state index is 0.734. The molecule has 1 heteroatoms. The van der Waals surface area contributed by atoms with Crippen molar-refractivity contribution in [3.8, 4) is 0 Å². The van der Waals surface area contributed by atoms with E-state index in [2.05, 4.69) is 10.9 Å². The van der Waals surface area contributed by atoms with Gasteiger partial charge in [-0.1, -0.05) is 29.3 Å². The Balaban J connectivity index is 3.22. The molecule has 50 valence electrons. The van der Waals surface area contributed by atoms with Crippen LogP contribution < -0.4 is 0 Å². The molecular formula is C9H9N. The quantitative estimate of drug-likeness (QED) is 0.477. The van der Waals surface area contributed by atoms with Gasteiger partial charge in [-0.15, -0.1) is 0 Å². The fourth-order valence-electron chi connectivity index (χ4n) is 1.02. The van der Waals surface area contributed by atoms with Gasteiger partial charge in [-0.3, -0.25) is 0 Å². The van der Waals surface area contributed by atoms with Gasteiger partial charge in [-0.2, -0.15) is 0 Å². The first-order valence-corrected chi connectivity index (χ1v) is 3.18. The van der Waals surface area contributed by atoms with Crippen LogP contribution in [0.1, 0.15) is 11.1 Å². The number of hydrogen-bond donors (Lipinski definition) is 0. The summed E-state index contributed by atoms with van der Waals surface area (Å²) in [5.41, 5.74) is 3.05. The predicted octanol–water partition coefficient (Wildman–Crippen LogP) is 2.85. The van der Waals surface area contributed by atoms with Gasteiger partial charge in [0.2, 0.25) is 0 Å². The second kappa shape index (κ2) is 2.53. The van der Waals surface area contributed by atoms with Crippen LogP contribution in [0.25, 0.3) is 4.85 Å². The number of hydrogen-bond acceptors (Lipinski definition) is 0. The van der Waals surface area contributed by atoms with E-state index in [1.54, 1.807) is 0 Å². The molecule has 0 heterocycles. The molecule has 0 aromatic heterocycles. The van der Waals surface area contributed by atoms with E-state index in [-0.39, 0.29) is 0 Å². The summed E-state index contributed by atoms with van der Waals surface area (Å²) < 4.78 is 0. The fourth-order valence-corrected chi connectivity index (χ4v) is 1.02. The minimum absolute atomic E-state index is 0.734. The third-order valence-electron chi connectivity index (χ3n) is 1.34. The van der Waals surface area contributed by atoms with E-state index in [9.17, 15) is 0 Å². The molecule has 0 saturated heterocycles. The zero-order valence-corrected chi connectivity index (χ0v) is 6.18. The SMILES string of the molecule is [C-]#[N+]c1cc(C)cc(C)c1. The predicted molar refractivity (Wildman–Crippen MR) is 42.2 cm³/mol. The van der Waals surface area contributed by atoms with E-state index in [4.69, 9.17) is 6.57 Å². The third kappa shape index (κ3) is 1.35. The van der Waals surface area contributed by atoms with E-state index < -0.39 is 0 Å². The molecule has 0 spiro atoms. The van der Waals surface area contributed by atoms with Gasteiger partial charge < -0.3 is 0 Å². The average molecular weight is 131 g/mol. The Labute approximate surface area is 61.1 Å². The van der Waals surface area contributed by atoms with Crippen molar-refractivity contribution in [2.75, 3.05) is 0 Å². The summed E-state index contributed by atoms with van der Waals surface area (Å²) >= 11 is 0. The lowest BCUT2D eigenvalue weighted by Gasteiger charge is -1.95. The monoisotopic (exact) mass is 131 g/mol. The third-order valence-corrected chi connectivity index (χ3v) is 1.34. The number of rotatable bonds is 0. The minimum Gasteiger partial charge on any atom is -0.238 e. The van der Waals surface area contributed by atoms with Gasteiger partial charge in [0.25, 0.3) is 0 Å². The van der Waals surface area contributed by atoms with Crippen molar-refractivity contribution in [1.29, 1.82) is 0 Å². The Hall–Kier alpha value is -1.29.